The number of nitrogens with one attached hydrogen (secondary N) is 2. The molecular formula is C30H33F3N6OS. The summed E-state index contributed by atoms with van der Waals surface area (Å²) in [7, 11) is 0. The molecule has 0 unspecified atom stereocenters. The number of hydrogen-bond acceptors (Lipinski definition) is 4. The van der Waals surface area contributed by atoms with Crippen molar-refractivity contribution in [3.63, 3.8) is 0 Å². The Bertz CT molecular complexity index is 1380. The Morgan fingerprint density at radius 2 is 1.93 bits per heavy atom. The normalized spacial score (nSPS) is 11.9. The maximum atomic E-state index is 13.7. The van der Waals surface area contributed by atoms with Crippen molar-refractivity contribution in [1.29, 1.82) is 5.26 Å². The Morgan fingerprint density at radius 1 is 1.22 bits per heavy atom. The summed E-state index contributed by atoms with van der Waals surface area (Å²) in [6.07, 6.45) is 0.434. The summed E-state index contributed by atoms with van der Waals surface area (Å²) in [5.74, 6) is -0.282. The number of hydrogen-bond donors (Lipinski definition) is 2. The number of aromatic nitrogens is 2. The number of alkyl halides is 3. The largest absolute Gasteiger partial charge is 0.416 e. The summed E-state index contributed by atoms with van der Waals surface area (Å²) in [5.41, 5.74) is 1.59. The highest BCUT2D eigenvalue weighted by molar-refractivity contribution is 7.80. The van der Waals surface area contributed by atoms with Gasteiger partial charge in [0.25, 0.3) is 0 Å². The topological polar surface area (TPSA) is 86.0 Å². The van der Waals surface area contributed by atoms with Gasteiger partial charge >= 0.3 is 6.18 Å². The van der Waals surface area contributed by atoms with E-state index in [-0.39, 0.29) is 42.0 Å². The number of nitrogens with zero attached hydrogens (tertiary/aromatic N) is 4. The summed E-state index contributed by atoms with van der Waals surface area (Å²) < 4.78 is 42.9. The highest BCUT2D eigenvalue weighted by Crippen LogP contribution is 2.32. The van der Waals surface area contributed by atoms with E-state index in [2.05, 4.69) is 28.3 Å². The van der Waals surface area contributed by atoms with Crippen LogP contribution in [0.3, 0.4) is 0 Å². The molecule has 0 aliphatic carbocycles. The lowest BCUT2D eigenvalue weighted by molar-refractivity contribution is -0.138. The molecule has 1 amide bonds. The van der Waals surface area contributed by atoms with Gasteiger partial charge in [-0.05, 0) is 47.5 Å². The van der Waals surface area contributed by atoms with Gasteiger partial charge in [0.2, 0.25) is 5.91 Å². The number of rotatable bonds is 12. The number of carbonyl (C=O) groups excluding carboxylic acids is 1. The molecular weight excluding hydrogens is 549 g/mol. The minimum atomic E-state index is -4.51. The van der Waals surface area contributed by atoms with E-state index in [9.17, 15) is 18.0 Å². The zero-order valence-electron chi connectivity index (χ0n) is 23.0. The zero-order chi connectivity index (χ0) is 30.0. The van der Waals surface area contributed by atoms with Crippen LogP contribution >= 0.6 is 12.2 Å². The third-order valence-corrected chi connectivity index (χ3v) is 6.92. The third kappa shape index (κ3) is 9.18. The van der Waals surface area contributed by atoms with E-state index < -0.39 is 17.8 Å². The molecule has 0 saturated heterocycles. The zero-order valence-corrected chi connectivity index (χ0v) is 23.8. The summed E-state index contributed by atoms with van der Waals surface area (Å²) in [5, 5.41) is 15.3. The van der Waals surface area contributed by atoms with Crippen molar-refractivity contribution in [1.82, 2.24) is 25.1 Å². The molecule has 0 spiro atoms. The molecule has 3 aromatic rings. The standard InChI is InChI=1S/C30H33F3N6OS/c1-4-13-36-29(41)38(18-24-7-5-6-8-26(24)30(31,32)33)19-27(21(2)3)37-28(40)14-25-16-35-20-39(25)17-23-11-9-22(15-34)10-12-23/h4-12,16,20-21,27H,1,13-14,17-19H2,2-3H3,(H,36,41)(H,37,40)/t27-/m1/s1. The van der Waals surface area contributed by atoms with Gasteiger partial charge in [-0.15, -0.1) is 6.58 Å². The maximum Gasteiger partial charge on any atom is 0.416 e. The van der Waals surface area contributed by atoms with E-state index in [4.69, 9.17) is 17.5 Å². The minimum absolute atomic E-state index is 0.0370. The van der Waals surface area contributed by atoms with Crippen LogP contribution in [0.25, 0.3) is 0 Å². The lowest BCUT2D eigenvalue weighted by Crippen LogP contribution is -2.51. The van der Waals surface area contributed by atoms with Crippen molar-refractivity contribution in [2.45, 2.75) is 45.6 Å². The lowest BCUT2D eigenvalue weighted by atomic mass is 10.0. The van der Waals surface area contributed by atoms with Crippen LogP contribution in [0.15, 0.2) is 73.7 Å². The number of imidazole rings is 1. The van der Waals surface area contributed by atoms with Gasteiger partial charge in [0, 0.05) is 44.1 Å². The predicted molar refractivity (Wildman–Crippen MR) is 156 cm³/mol. The average molecular weight is 583 g/mol. The second-order valence-electron chi connectivity index (χ2n) is 9.93. The fourth-order valence-electron chi connectivity index (χ4n) is 4.23. The molecule has 2 N–H and O–H groups in total. The van der Waals surface area contributed by atoms with Crippen LogP contribution in [-0.2, 0) is 30.5 Å². The van der Waals surface area contributed by atoms with Crippen molar-refractivity contribution in [3.8, 4) is 6.07 Å². The summed E-state index contributed by atoms with van der Waals surface area (Å²) >= 11 is 5.53. The van der Waals surface area contributed by atoms with Gasteiger partial charge in [0.1, 0.15) is 0 Å². The van der Waals surface area contributed by atoms with Crippen LogP contribution in [0.2, 0.25) is 0 Å². The fourth-order valence-corrected chi connectivity index (χ4v) is 4.46. The highest BCUT2D eigenvalue weighted by Gasteiger charge is 2.34. The van der Waals surface area contributed by atoms with Crippen molar-refractivity contribution in [2.75, 3.05) is 13.1 Å². The van der Waals surface area contributed by atoms with Gasteiger partial charge in [-0.3, -0.25) is 4.79 Å². The van der Waals surface area contributed by atoms with E-state index in [1.165, 1.54) is 12.1 Å². The maximum absolute atomic E-state index is 13.7. The number of benzene rings is 2. The first-order valence-corrected chi connectivity index (χ1v) is 13.5. The molecule has 0 aliphatic heterocycles. The SMILES string of the molecule is C=CCNC(=S)N(Cc1ccccc1C(F)(F)F)C[C@@H](NC(=O)Cc1cncn1Cc1ccc(C#N)cc1)C(C)C. The first-order chi connectivity index (χ1) is 19.5. The molecule has 1 atom stereocenters. The van der Waals surface area contributed by atoms with Crippen molar-refractivity contribution in [2.24, 2.45) is 5.92 Å². The molecule has 0 bridgehead atoms. The molecule has 1 aromatic heterocycles. The average Bonchev–Trinajstić information content (AvgIpc) is 3.36. The summed E-state index contributed by atoms with van der Waals surface area (Å²) in [6, 6.07) is 14.3. The molecule has 11 heteroatoms. The van der Waals surface area contributed by atoms with Crippen LogP contribution in [-0.4, -0.2) is 44.6 Å². The number of carbonyl (C=O) groups is 1. The third-order valence-electron chi connectivity index (χ3n) is 6.51. The number of amides is 1. The Hall–Kier alpha value is -4.17. The summed E-state index contributed by atoms with van der Waals surface area (Å²) in [6.45, 7) is 8.46. The second kappa shape index (κ2) is 14.5. The first-order valence-electron chi connectivity index (χ1n) is 13.1. The number of nitriles is 1. The molecule has 0 aliphatic rings. The van der Waals surface area contributed by atoms with Gasteiger partial charge < -0.3 is 20.1 Å². The van der Waals surface area contributed by atoms with Gasteiger partial charge in [0.15, 0.2) is 5.11 Å². The van der Waals surface area contributed by atoms with Crippen LogP contribution in [0.5, 0.6) is 0 Å². The number of halogens is 3. The van der Waals surface area contributed by atoms with E-state index in [0.29, 0.717) is 24.3 Å². The van der Waals surface area contributed by atoms with Crippen molar-refractivity contribution in [3.05, 3.63) is 102 Å². The van der Waals surface area contributed by atoms with Crippen LogP contribution in [0.4, 0.5) is 13.2 Å². The number of thiocarbonyl (C=S) groups is 1. The van der Waals surface area contributed by atoms with E-state index >= 15 is 0 Å². The van der Waals surface area contributed by atoms with Gasteiger partial charge in [-0.1, -0.05) is 50.3 Å². The Labute approximate surface area is 243 Å². The fraction of sp³-hybridized carbons (Fsp3) is 0.333. The second-order valence-corrected chi connectivity index (χ2v) is 10.3. The van der Waals surface area contributed by atoms with Crippen LogP contribution < -0.4 is 10.6 Å². The van der Waals surface area contributed by atoms with Gasteiger partial charge in [0.05, 0.1) is 29.9 Å². The monoisotopic (exact) mass is 582 g/mol. The van der Waals surface area contributed by atoms with E-state index in [0.717, 1.165) is 11.6 Å². The molecule has 2 aromatic carbocycles. The Balaban J connectivity index is 1.74. The summed E-state index contributed by atoms with van der Waals surface area (Å²) in [4.78, 5) is 19.0. The van der Waals surface area contributed by atoms with Gasteiger partial charge in [-0.25, -0.2) is 4.98 Å². The molecule has 1 heterocycles. The van der Waals surface area contributed by atoms with Crippen molar-refractivity contribution < 1.29 is 18.0 Å². The van der Waals surface area contributed by atoms with Crippen LogP contribution in [0.1, 0.15) is 41.8 Å². The minimum Gasteiger partial charge on any atom is -0.359 e. The quantitative estimate of drug-likeness (QED) is 0.229. The predicted octanol–water partition coefficient (Wildman–Crippen LogP) is 5.07. The van der Waals surface area contributed by atoms with Crippen molar-refractivity contribution >= 4 is 23.2 Å². The lowest BCUT2D eigenvalue weighted by Gasteiger charge is -2.33. The smallest absolute Gasteiger partial charge is 0.359 e. The molecule has 41 heavy (non-hydrogen) atoms. The first kappa shape index (κ1) is 31.4. The molecule has 0 radical (unpaired) electrons. The van der Waals surface area contributed by atoms with E-state index in [1.54, 1.807) is 41.7 Å². The van der Waals surface area contributed by atoms with Crippen LogP contribution in [0, 0.1) is 17.2 Å². The van der Waals surface area contributed by atoms with Gasteiger partial charge in [-0.2, -0.15) is 18.4 Å². The molecule has 0 fully saturated rings. The Morgan fingerprint density at radius 3 is 2.56 bits per heavy atom. The molecule has 3 rings (SSSR count). The molecule has 7 nitrogen and oxygen atoms in total. The highest BCUT2D eigenvalue weighted by atomic mass is 32.1. The molecule has 0 saturated carbocycles. The van der Waals surface area contributed by atoms with E-state index in [1.807, 2.05) is 30.5 Å². The Kier molecular flexibility index (Phi) is 11.1. The molecule has 216 valence electrons.